The summed E-state index contributed by atoms with van der Waals surface area (Å²) >= 11 is 0. The van der Waals surface area contributed by atoms with Gasteiger partial charge in [-0.1, -0.05) is 44.6 Å². The van der Waals surface area contributed by atoms with Gasteiger partial charge in [0.1, 0.15) is 0 Å². The van der Waals surface area contributed by atoms with Crippen LogP contribution < -0.4 is 0 Å². The number of rotatable bonds is 0. The summed E-state index contributed by atoms with van der Waals surface area (Å²) in [5.74, 6) is 2.36. The number of hydrogen-bond acceptors (Lipinski definition) is 1. The number of carbonyl (C=O) groups excluding carboxylic acids is 1. The molecule has 0 N–H and O–H groups in total. The van der Waals surface area contributed by atoms with Gasteiger partial charge in [0, 0.05) is 17.3 Å². The third-order valence-electron chi connectivity index (χ3n) is 2.72. The first-order chi connectivity index (χ1) is 7.36. The first kappa shape index (κ1) is 8.82. The first-order valence-corrected chi connectivity index (χ1v) is 5.89. The Hall–Kier alpha value is -1.46. The molecule has 0 radical (unpaired) electrons. The van der Waals surface area contributed by atoms with E-state index in [1.165, 1.54) is 19.1 Å². The second-order valence-electron chi connectivity index (χ2n) is 3.66. The zero-order chi connectivity index (χ0) is 10.3. The monoisotopic (exact) mass is 212 g/mol. The fourth-order valence-electron chi connectivity index (χ4n) is 2.02. The van der Waals surface area contributed by atoms with Gasteiger partial charge >= 0.3 is 0 Å². The molecule has 1 aromatic carbocycles. The van der Waals surface area contributed by atoms with Crippen LogP contribution in [0.25, 0.3) is 10.9 Å². The lowest BCUT2D eigenvalue weighted by molar-refractivity contribution is 0.0992. The van der Waals surface area contributed by atoms with E-state index >= 15 is 0 Å². The van der Waals surface area contributed by atoms with Crippen LogP contribution in [0.4, 0.5) is 0 Å². The average Bonchev–Trinajstić information content (AvgIpc) is 2.30. The quantitative estimate of drug-likeness (QED) is 0.651. The van der Waals surface area contributed by atoms with E-state index < -0.39 is 0 Å². The number of carbonyl (C=O) groups is 1. The van der Waals surface area contributed by atoms with Crippen LogP contribution in [0.15, 0.2) is 42.2 Å². The predicted molar refractivity (Wildman–Crippen MR) is 62.4 cm³/mol. The van der Waals surface area contributed by atoms with Crippen LogP contribution in [-0.4, -0.2) is 5.78 Å². The SMILES string of the molecule is O=C1Cc2cccpc2-c2ccccc21. The fourth-order valence-corrected chi connectivity index (χ4v) is 3.00. The van der Waals surface area contributed by atoms with Gasteiger partial charge in [-0.25, -0.2) is 0 Å². The van der Waals surface area contributed by atoms with Crippen molar-refractivity contribution in [2.24, 2.45) is 0 Å². The van der Waals surface area contributed by atoms with Gasteiger partial charge in [0.05, 0.1) is 0 Å². The maximum absolute atomic E-state index is 11.9. The Morgan fingerprint density at radius 3 is 2.67 bits per heavy atom. The molecule has 0 saturated heterocycles. The first-order valence-electron chi connectivity index (χ1n) is 4.93. The van der Waals surface area contributed by atoms with Crippen molar-refractivity contribution in [2.45, 2.75) is 6.42 Å². The van der Waals surface area contributed by atoms with Crippen molar-refractivity contribution in [1.82, 2.24) is 0 Å². The van der Waals surface area contributed by atoms with Gasteiger partial charge in [-0.3, -0.25) is 4.79 Å². The molecule has 1 aliphatic rings. The van der Waals surface area contributed by atoms with E-state index in [0.717, 1.165) is 11.1 Å². The van der Waals surface area contributed by atoms with Crippen LogP contribution in [0.2, 0.25) is 0 Å². The molecule has 1 aliphatic carbocycles. The molecule has 2 heteroatoms. The Balaban J connectivity index is 2.34. The molecule has 0 amide bonds. The Morgan fingerprint density at radius 2 is 1.80 bits per heavy atom. The maximum atomic E-state index is 11.9. The molecule has 0 atom stereocenters. The van der Waals surface area contributed by atoms with Gasteiger partial charge in [0.2, 0.25) is 0 Å². The molecule has 1 nitrogen and oxygen atoms in total. The highest BCUT2D eigenvalue weighted by atomic mass is 31.0. The smallest absolute Gasteiger partial charge is 0.167 e. The van der Waals surface area contributed by atoms with Crippen LogP contribution in [0.5, 0.6) is 0 Å². The van der Waals surface area contributed by atoms with Gasteiger partial charge in [-0.05, 0) is 16.9 Å². The van der Waals surface area contributed by atoms with E-state index in [1.54, 1.807) is 0 Å². The topological polar surface area (TPSA) is 17.1 Å². The molecule has 1 aromatic heterocycles. The van der Waals surface area contributed by atoms with Gasteiger partial charge < -0.3 is 0 Å². The molecular weight excluding hydrogens is 203 g/mol. The molecule has 72 valence electrons. The van der Waals surface area contributed by atoms with Gasteiger partial charge in [-0.15, -0.1) is 0 Å². The van der Waals surface area contributed by atoms with Gasteiger partial charge in [0.15, 0.2) is 5.78 Å². The van der Waals surface area contributed by atoms with Gasteiger partial charge in [0.25, 0.3) is 0 Å². The molecule has 1 heterocycles. The second-order valence-corrected chi connectivity index (χ2v) is 4.66. The highest BCUT2D eigenvalue weighted by Crippen LogP contribution is 2.38. The van der Waals surface area contributed by atoms with Crippen molar-refractivity contribution >= 4 is 14.0 Å². The van der Waals surface area contributed by atoms with Crippen molar-refractivity contribution in [2.75, 3.05) is 0 Å². The number of ketones is 1. The normalized spacial score (nSPS) is 13.7. The Morgan fingerprint density at radius 1 is 1.00 bits per heavy atom. The van der Waals surface area contributed by atoms with Crippen LogP contribution in [0.1, 0.15) is 15.9 Å². The molecule has 0 bridgehead atoms. The summed E-state index contributed by atoms with van der Waals surface area (Å²) in [5, 5.41) is 1.30. The second kappa shape index (κ2) is 3.29. The number of Topliss-reactive ketones (excluding diaryl/α,β-unsaturated/α-hetero) is 1. The van der Waals surface area contributed by atoms with Crippen LogP contribution in [-0.2, 0) is 6.42 Å². The molecular formula is C13H9OP. The number of hydrogen-bond donors (Lipinski definition) is 0. The molecule has 15 heavy (non-hydrogen) atoms. The lowest BCUT2D eigenvalue weighted by atomic mass is 9.90. The fraction of sp³-hybridized carbons (Fsp3) is 0.0769. The van der Waals surface area contributed by atoms with E-state index in [0.29, 0.717) is 6.42 Å². The summed E-state index contributed by atoms with van der Waals surface area (Å²) in [7, 11) is 1.21. The molecule has 3 rings (SSSR count). The minimum Gasteiger partial charge on any atom is -0.294 e. The van der Waals surface area contributed by atoms with Crippen LogP contribution in [0, 0.1) is 0 Å². The number of fused-ring (bicyclic) bond motifs is 3. The molecule has 2 aromatic rings. The largest absolute Gasteiger partial charge is 0.294 e. The third-order valence-corrected chi connectivity index (χ3v) is 3.83. The lowest BCUT2D eigenvalue weighted by Gasteiger charge is -2.17. The van der Waals surface area contributed by atoms with Crippen LogP contribution in [0.3, 0.4) is 0 Å². The molecule has 0 saturated carbocycles. The molecule has 0 spiro atoms. The summed E-state index contributed by atoms with van der Waals surface area (Å²) in [6.45, 7) is 0. The Bertz CT molecular complexity index is 546. The van der Waals surface area contributed by atoms with E-state index in [1.807, 2.05) is 30.3 Å². The van der Waals surface area contributed by atoms with Crippen molar-refractivity contribution < 1.29 is 4.79 Å². The average molecular weight is 212 g/mol. The van der Waals surface area contributed by atoms with E-state index in [4.69, 9.17) is 0 Å². The number of benzene rings is 1. The molecule has 0 fully saturated rings. The predicted octanol–water partition coefficient (Wildman–Crippen LogP) is 3.67. The molecule has 0 unspecified atom stereocenters. The van der Waals surface area contributed by atoms with Crippen molar-refractivity contribution in [3.63, 3.8) is 0 Å². The third kappa shape index (κ3) is 1.32. The highest BCUT2D eigenvalue weighted by molar-refractivity contribution is 7.33. The summed E-state index contributed by atoms with van der Waals surface area (Å²) < 4.78 is 0. The van der Waals surface area contributed by atoms with Crippen molar-refractivity contribution in [3.05, 3.63) is 53.3 Å². The van der Waals surface area contributed by atoms with Crippen LogP contribution >= 0.6 is 8.19 Å². The zero-order valence-corrected chi connectivity index (χ0v) is 9.00. The van der Waals surface area contributed by atoms with E-state index in [2.05, 4.69) is 11.9 Å². The summed E-state index contributed by atoms with van der Waals surface area (Å²) in [6, 6.07) is 12.0. The zero-order valence-electron chi connectivity index (χ0n) is 8.10. The minimum absolute atomic E-state index is 0.242. The summed E-state index contributed by atoms with van der Waals surface area (Å²) in [6.07, 6.45) is 0.559. The Labute approximate surface area is 89.9 Å². The van der Waals surface area contributed by atoms with Gasteiger partial charge in [-0.2, -0.15) is 0 Å². The summed E-state index contributed by atoms with van der Waals surface area (Å²) in [4.78, 5) is 11.9. The standard InChI is InChI=1S/C13H9OP/c14-12-8-9-4-3-7-15-13(9)11-6-2-1-5-10(11)12/h1-7H,8H2. The summed E-state index contributed by atoms with van der Waals surface area (Å²) in [5.41, 5.74) is 3.18. The van der Waals surface area contributed by atoms with Crippen molar-refractivity contribution in [1.29, 1.82) is 0 Å². The van der Waals surface area contributed by atoms with Crippen molar-refractivity contribution in [3.8, 4) is 10.9 Å². The minimum atomic E-state index is 0.242. The highest BCUT2D eigenvalue weighted by Gasteiger charge is 2.21. The lowest BCUT2D eigenvalue weighted by Crippen LogP contribution is -2.10. The van der Waals surface area contributed by atoms with E-state index in [-0.39, 0.29) is 5.78 Å². The van der Waals surface area contributed by atoms with E-state index in [9.17, 15) is 4.79 Å². The Kier molecular flexibility index (Phi) is 1.93. The molecule has 0 aliphatic heterocycles. The maximum Gasteiger partial charge on any atom is 0.167 e.